The molecule has 2 nitrogen and oxygen atoms in total. The molecule has 1 aromatic rings. The Kier molecular flexibility index (Phi) is 5.76. The van der Waals surface area contributed by atoms with Crippen molar-refractivity contribution in [3.8, 4) is 0 Å². The molecule has 4 heteroatoms. The van der Waals surface area contributed by atoms with Gasteiger partial charge in [0.2, 0.25) is 0 Å². The number of rotatable bonds is 6. The van der Waals surface area contributed by atoms with E-state index in [0.29, 0.717) is 12.0 Å². The highest BCUT2D eigenvalue weighted by Crippen LogP contribution is 2.26. The van der Waals surface area contributed by atoms with Crippen molar-refractivity contribution in [2.75, 3.05) is 7.11 Å². The summed E-state index contributed by atoms with van der Waals surface area (Å²) >= 11 is 3.25. The first-order chi connectivity index (χ1) is 8.49. The number of hydrogen-bond donors (Lipinski definition) is 1. The number of nitrogens with two attached hydrogens (primary N) is 1. The monoisotopic (exact) mass is 317 g/mol. The van der Waals surface area contributed by atoms with Gasteiger partial charge in [0.15, 0.2) is 0 Å². The normalized spacial score (nSPS) is 13.7. The lowest BCUT2D eigenvalue weighted by Gasteiger charge is -2.36. The van der Waals surface area contributed by atoms with Crippen LogP contribution in [0, 0.1) is 5.82 Å². The Morgan fingerprint density at radius 3 is 2.44 bits per heavy atom. The molecular formula is C14H21BrFNO. The van der Waals surface area contributed by atoms with Crippen LogP contribution < -0.4 is 5.73 Å². The van der Waals surface area contributed by atoms with Gasteiger partial charge in [-0.05, 0) is 37.0 Å². The molecule has 0 aliphatic heterocycles. The van der Waals surface area contributed by atoms with Gasteiger partial charge in [-0.1, -0.05) is 35.8 Å². The molecule has 0 bridgehead atoms. The molecule has 18 heavy (non-hydrogen) atoms. The van der Waals surface area contributed by atoms with Gasteiger partial charge in [-0.15, -0.1) is 0 Å². The molecule has 0 heterocycles. The van der Waals surface area contributed by atoms with Crippen LogP contribution in [0.3, 0.4) is 0 Å². The molecule has 1 rings (SSSR count). The van der Waals surface area contributed by atoms with Crippen molar-refractivity contribution in [1.29, 1.82) is 0 Å². The molecule has 0 aliphatic carbocycles. The van der Waals surface area contributed by atoms with E-state index in [2.05, 4.69) is 15.9 Å². The van der Waals surface area contributed by atoms with E-state index >= 15 is 0 Å². The number of methoxy groups -OCH3 is 1. The van der Waals surface area contributed by atoms with E-state index in [1.165, 1.54) is 6.07 Å². The van der Waals surface area contributed by atoms with Crippen molar-refractivity contribution in [2.45, 2.75) is 44.8 Å². The van der Waals surface area contributed by atoms with Crippen LogP contribution in [0.5, 0.6) is 0 Å². The number of hydrogen-bond acceptors (Lipinski definition) is 2. The van der Waals surface area contributed by atoms with Gasteiger partial charge in [0.25, 0.3) is 0 Å². The van der Waals surface area contributed by atoms with Crippen molar-refractivity contribution < 1.29 is 9.13 Å². The zero-order valence-electron chi connectivity index (χ0n) is 11.2. The van der Waals surface area contributed by atoms with E-state index in [1.54, 1.807) is 13.2 Å². The SMILES string of the molecule is CCC(CC)(OC)C(N)Cc1ccc(Br)cc1F. The van der Waals surface area contributed by atoms with Crippen molar-refractivity contribution in [3.05, 3.63) is 34.1 Å². The summed E-state index contributed by atoms with van der Waals surface area (Å²) in [5.74, 6) is -0.225. The molecule has 0 spiro atoms. The van der Waals surface area contributed by atoms with E-state index in [4.69, 9.17) is 10.5 Å². The maximum absolute atomic E-state index is 13.8. The van der Waals surface area contributed by atoms with Crippen LogP contribution in [0.1, 0.15) is 32.3 Å². The summed E-state index contributed by atoms with van der Waals surface area (Å²) in [5.41, 5.74) is 6.48. The van der Waals surface area contributed by atoms with Crippen LogP contribution in [0.25, 0.3) is 0 Å². The molecule has 1 aromatic carbocycles. The van der Waals surface area contributed by atoms with Crippen molar-refractivity contribution in [1.82, 2.24) is 0 Å². The zero-order chi connectivity index (χ0) is 13.8. The van der Waals surface area contributed by atoms with Gasteiger partial charge in [0.1, 0.15) is 5.82 Å². The second kappa shape index (κ2) is 6.64. The Hall–Kier alpha value is -0.450. The Labute approximate surface area is 117 Å². The second-order valence-electron chi connectivity index (χ2n) is 4.52. The highest BCUT2D eigenvalue weighted by atomic mass is 79.9. The number of halogens is 2. The summed E-state index contributed by atoms with van der Waals surface area (Å²) in [6.45, 7) is 4.09. The van der Waals surface area contributed by atoms with Crippen LogP contribution in [0.2, 0.25) is 0 Å². The lowest BCUT2D eigenvalue weighted by molar-refractivity contribution is -0.0375. The fourth-order valence-electron chi connectivity index (χ4n) is 2.32. The first kappa shape index (κ1) is 15.6. The van der Waals surface area contributed by atoms with E-state index in [9.17, 15) is 4.39 Å². The van der Waals surface area contributed by atoms with Crippen LogP contribution in [-0.4, -0.2) is 18.8 Å². The molecule has 1 atom stereocenters. The summed E-state index contributed by atoms with van der Waals surface area (Å²) in [4.78, 5) is 0. The average Bonchev–Trinajstić information content (AvgIpc) is 2.36. The highest BCUT2D eigenvalue weighted by molar-refractivity contribution is 9.10. The predicted molar refractivity (Wildman–Crippen MR) is 76.1 cm³/mol. The fraction of sp³-hybridized carbons (Fsp3) is 0.571. The summed E-state index contributed by atoms with van der Waals surface area (Å²) in [5, 5.41) is 0. The molecular weight excluding hydrogens is 297 g/mol. The van der Waals surface area contributed by atoms with E-state index in [1.807, 2.05) is 19.9 Å². The van der Waals surface area contributed by atoms with Crippen LogP contribution in [0.15, 0.2) is 22.7 Å². The maximum Gasteiger partial charge on any atom is 0.127 e. The lowest BCUT2D eigenvalue weighted by atomic mass is 9.85. The summed E-state index contributed by atoms with van der Waals surface area (Å²) < 4.78 is 20.1. The van der Waals surface area contributed by atoms with Gasteiger partial charge in [-0.2, -0.15) is 0 Å². The van der Waals surface area contributed by atoms with E-state index < -0.39 is 0 Å². The minimum atomic E-state index is -0.375. The van der Waals surface area contributed by atoms with Crippen LogP contribution in [-0.2, 0) is 11.2 Å². The molecule has 1 unspecified atom stereocenters. The number of ether oxygens (including phenoxy) is 1. The standard InChI is InChI=1S/C14H21BrFNO/c1-4-14(5-2,18-3)13(17)8-10-6-7-11(15)9-12(10)16/h6-7,9,13H,4-5,8,17H2,1-3H3. The van der Waals surface area contributed by atoms with Crippen molar-refractivity contribution in [3.63, 3.8) is 0 Å². The molecule has 0 aliphatic rings. The quantitative estimate of drug-likeness (QED) is 0.869. The van der Waals surface area contributed by atoms with Crippen LogP contribution >= 0.6 is 15.9 Å². The molecule has 0 saturated heterocycles. The highest BCUT2D eigenvalue weighted by Gasteiger charge is 2.33. The molecule has 0 amide bonds. The third-order valence-corrected chi connectivity index (χ3v) is 4.23. The molecule has 0 saturated carbocycles. The van der Waals surface area contributed by atoms with Crippen LogP contribution in [0.4, 0.5) is 4.39 Å². The van der Waals surface area contributed by atoms with Crippen molar-refractivity contribution >= 4 is 15.9 Å². The minimum Gasteiger partial charge on any atom is -0.377 e. The molecule has 0 radical (unpaired) electrons. The van der Waals surface area contributed by atoms with E-state index in [0.717, 1.165) is 17.3 Å². The predicted octanol–water partition coefficient (Wildman–Crippen LogP) is 3.66. The van der Waals surface area contributed by atoms with Crippen molar-refractivity contribution in [2.24, 2.45) is 5.73 Å². The van der Waals surface area contributed by atoms with Gasteiger partial charge >= 0.3 is 0 Å². The first-order valence-corrected chi connectivity index (χ1v) is 7.03. The summed E-state index contributed by atoms with van der Waals surface area (Å²) in [6, 6.07) is 4.85. The maximum atomic E-state index is 13.8. The lowest BCUT2D eigenvalue weighted by Crippen LogP contribution is -2.50. The first-order valence-electron chi connectivity index (χ1n) is 6.23. The molecule has 102 valence electrons. The van der Waals surface area contributed by atoms with Gasteiger partial charge in [-0.3, -0.25) is 0 Å². The van der Waals surface area contributed by atoms with Gasteiger partial charge in [-0.25, -0.2) is 4.39 Å². The fourth-order valence-corrected chi connectivity index (χ4v) is 2.66. The number of benzene rings is 1. The molecule has 0 aromatic heterocycles. The smallest absolute Gasteiger partial charge is 0.127 e. The Balaban J connectivity index is 2.89. The largest absolute Gasteiger partial charge is 0.377 e. The summed E-state index contributed by atoms with van der Waals surface area (Å²) in [6.07, 6.45) is 2.12. The average molecular weight is 318 g/mol. The second-order valence-corrected chi connectivity index (χ2v) is 5.44. The topological polar surface area (TPSA) is 35.2 Å². The summed E-state index contributed by atoms with van der Waals surface area (Å²) in [7, 11) is 1.67. The van der Waals surface area contributed by atoms with E-state index in [-0.39, 0.29) is 17.5 Å². The Bertz CT molecular complexity index is 385. The van der Waals surface area contributed by atoms with Gasteiger partial charge in [0, 0.05) is 17.6 Å². The molecule has 0 fully saturated rings. The molecule has 2 N–H and O–H groups in total. The van der Waals surface area contributed by atoms with Gasteiger partial charge in [0.05, 0.1) is 5.60 Å². The zero-order valence-corrected chi connectivity index (χ0v) is 12.8. The third-order valence-electron chi connectivity index (χ3n) is 3.73. The Morgan fingerprint density at radius 1 is 1.39 bits per heavy atom. The van der Waals surface area contributed by atoms with Gasteiger partial charge < -0.3 is 10.5 Å². The Morgan fingerprint density at radius 2 is 2.00 bits per heavy atom. The minimum absolute atomic E-state index is 0.215. The third kappa shape index (κ3) is 3.31.